The van der Waals surface area contributed by atoms with E-state index in [1.807, 2.05) is 0 Å². The number of benzene rings is 1. The van der Waals surface area contributed by atoms with E-state index in [0.29, 0.717) is 39.9 Å². The Bertz CT molecular complexity index is 1210. The van der Waals surface area contributed by atoms with Gasteiger partial charge >= 0.3 is 0 Å². The Morgan fingerprint density at radius 3 is 2.48 bits per heavy atom. The fourth-order valence-electron chi connectivity index (χ4n) is 3.03. The van der Waals surface area contributed by atoms with Gasteiger partial charge in [0.2, 0.25) is 0 Å². The highest BCUT2D eigenvalue weighted by atomic mass is 19.1. The quantitative estimate of drug-likeness (QED) is 0.228. The second kappa shape index (κ2) is 10.2. The van der Waals surface area contributed by atoms with Crippen LogP contribution >= 0.6 is 0 Å². The summed E-state index contributed by atoms with van der Waals surface area (Å²) in [6.07, 6.45) is 3.41. The van der Waals surface area contributed by atoms with E-state index in [-0.39, 0.29) is 17.3 Å². The van der Waals surface area contributed by atoms with Gasteiger partial charge in [-0.1, -0.05) is 6.07 Å². The van der Waals surface area contributed by atoms with Crippen LogP contribution in [0.3, 0.4) is 0 Å². The average Bonchev–Trinajstić information content (AvgIpc) is 2.81. The van der Waals surface area contributed by atoms with E-state index in [1.165, 1.54) is 20.4 Å². The molecule has 0 spiro atoms. The van der Waals surface area contributed by atoms with Crippen molar-refractivity contribution < 1.29 is 13.9 Å². The molecule has 11 heteroatoms. The first-order valence-electron chi connectivity index (χ1n) is 9.77. The summed E-state index contributed by atoms with van der Waals surface area (Å²) in [6, 6.07) is 8.27. The number of aryl methyl sites for hydroxylation is 1. The molecule has 1 aromatic carbocycles. The molecule has 3 rings (SSSR count). The molecule has 0 fully saturated rings. The van der Waals surface area contributed by atoms with Crippen molar-refractivity contribution >= 4 is 41.1 Å². The average molecular weight is 450 g/mol. The van der Waals surface area contributed by atoms with Crippen molar-refractivity contribution in [3.05, 3.63) is 65.2 Å². The van der Waals surface area contributed by atoms with Gasteiger partial charge in [-0.05, 0) is 30.7 Å². The lowest BCUT2D eigenvalue weighted by Gasteiger charge is -2.18. The molecule has 2 heterocycles. The van der Waals surface area contributed by atoms with Crippen LogP contribution in [0.5, 0.6) is 5.75 Å². The predicted molar refractivity (Wildman–Crippen MR) is 125 cm³/mol. The van der Waals surface area contributed by atoms with Gasteiger partial charge in [0.05, 0.1) is 42.1 Å². The number of halogens is 1. The van der Waals surface area contributed by atoms with E-state index in [2.05, 4.69) is 31.2 Å². The molecule has 0 aliphatic carbocycles. The van der Waals surface area contributed by atoms with Gasteiger partial charge in [0.15, 0.2) is 5.75 Å². The van der Waals surface area contributed by atoms with Crippen LogP contribution in [0.4, 0.5) is 27.4 Å². The van der Waals surface area contributed by atoms with E-state index >= 15 is 0 Å². The molecule has 0 unspecified atom stereocenters. The smallest absolute Gasteiger partial charge is 0.254 e. The number of amidine groups is 1. The number of carbonyl (C=O) groups excluding carboxylic acids is 1. The molecule has 1 amide bonds. The van der Waals surface area contributed by atoms with Gasteiger partial charge in [0, 0.05) is 19.3 Å². The second-order valence-corrected chi connectivity index (χ2v) is 6.81. The fourth-order valence-corrected chi connectivity index (χ4v) is 3.03. The van der Waals surface area contributed by atoms with Crippen LogP contribution in [0.15, 0.2) is 42.7 Å². The molecule has 33 heavy (non-hydrogen) atoms. The standard InChI is InChI=1S/C22H23FN8O2/c1-12-7-18(28-10-15(12)23)31-19-8-17(14(9-27-19)22(32)26-2)30-16-6-4-5-13(20(16)33-3)21(25)29-11-24/h4-11H,1-3H3,(H,26,32)(H3,24,25,29)(H2,27,28,30,31). The highest BCUT2D eigenvalue weighted by Gasteiger charge is 2.17. The van der Waals surface area contributed by atoms with E-state index in [4.69, 9.17) is 15.6 Å². The van der Waals surface area contributed by atoms with Crippen LogP contribution in [0, 0.1) is 23.6 Å². The molecule has 10 nitrogen and oxygen atoms in total. The van der Waals surface area contributed by atoms with Crippen molar-refractivity contribution in [2.24, 2.45) is 0 Å². The largest absolute Gasteiger partial charge is 0.494 e. The van der Waals surface area contributed by atoms with Crippen molar-refractivity contribution in [1.29, 1.82) is 10.8 Å². The minimum Gasteiger partial charge on any atom is -0.494 e. The Morgan fingerprint density at radius 1 is 1.09 bits per heavy atom. The molecule has 0 radical (unpaired) electrons. The first-order valence-corrected chi connectivity index (χ1v) is 9.77. The van der Waals surface area contributed by atoms with Crippen LogP contribution < -0.4 is 26.0 Å². The van der Waals surface area contributed by atoms with Crippen LogP contribution in [0.1, 0.15) is 21.5 Å². The maximum Gasteiger partial charge on any atom is 0.254 e. The van der Waals surface area contributed by atoms with Gasteiger partial charge in [0.25, 0.3) is 5.91 Å². The first-order chi connectivity index (χ1) is 15.9. The summed E-state index contributed by atoms with van der Waals surface area (Å²) in [4.78, 5) is 20.7. The maximum atomic E-state index is 13.5. The Hall–Kier alpha value is -4.54. The Labute approximate surface area is 189 Å². The number of anilines is 4. The molecule has 0 aliphatic heterocycles. The molecule has 6 N–H and O–H groups in total. The van der Waals surface area contributed by atoms with Gasteiger partial charge in [0.1, 0.15) is 23.3 Å². The summed E-state index contributed by atoms with van der Waals surface area (Å²) in [5, 5.41) is 26.5. The van der Waals surface area contributed by atoms with Crippen LogP contribution in [0.25, 0.3) is 0 Å². The zero-order valence-electron chi connectivity index (χ0n) is 18.2. The third-order valence-corrected chi connectivity index (χ3v) is 4.65. The summed E-state index contributed by atoms with van der Waals surface area (Å²) in [6.45, 7) is 1.63. The van der Waals surface area contributed by atoms with Crippen molar-refractivity contribution in [3.8, 4) is 5.75 Å². The minimum absolute atomic E-state index is 0.0214. The van der Waals surface area contributed by atoms with Crippen molar-refractivity contribution in [3.63, 3.8) is 0 Å². The molecular weight excluding hydrogens is 427 g/mol. The van der Waals surface area contributed by atoms with Gasteiger partial charge in [-0.3, -0.25) is 15.6 Å². The maximum absolute atomic E-state index is 13.5. The third-order valence-electron chi connectivity index (χ3n) is 4.65. The number of methoxy groups -OCH3 is 1. The van der Waals surface area contributed by atoms with Crippen LogP contribution in [-0.4, -0.2) is 42.2 Å². The van der Waals surface area contributed by atoms with E-state index in [9.17, 15) is 9.18 Å². The molecule has 0 bridgehead atoms. The molecule has 0 saturated heterocycles. The fraction of sp³-hybridized carbons (Fsp3) is 0.136. The van der Waals surface area contributed by atoms with Crippen LogP contribution in [0.2, 0.25) is 0 Å². The Kier molecular flexibility index (Phi) is 7.13. The molecular formula is C22H23FN8O2. The topological polar surface area (TPSA) is 148 Å². The van der Waals surface area contributed by atoms with Gasteiger partial charge in [-0.25, -0.2) is 14.4 Å². The third kappa shape index (κ3) is 5.21. The van der Waals surface area contributed by atoms with E-state index < -0.39 is 5.82 Å². The summed E-state index contributed by atoms with van der Waals surface area (Å²) < 4.78 is 19.0. The monoisotopic (exact) mass is 450 g/mol. The zero-order valence-corrected chi connectivity index (χ0v) is 18.2. The lowest BCUT2D eigenvalue weighted by molar-refractivity contribution is 0.0963. The molecule has 0 saturated carbocycles. The number of nitrogens with zero attached hydrogens (tertiary/aromatic N) is 2. The molecule has 3 aromatic rings. The van der Waals surface area contributed by atoms with Gasteiger partial charge in [-0.2, -0.15) is 0 Å². The number of pyridine rings is 2. The van der Waals surface area contributed by atoms with Gasteiger partial charge in [-0.15, -0.1) is 0 Å². The van der Waals surface area contributed by atoms with Crippen molar-refractivity contribution in [2.75, 3.05) is 24.8 Å². The second-order valence-electron chi connectivity index (χ2n) is 6.81. The Balaban J connectivity index is 2.02. The van der Waals surface area contributed by atoms with Crippen molar-refractivity contribution in [2.45, 2.75) is 6.92 Å². The molecule has 0 aliphatic rings. The summed E-state index contributed by atoms with van der Waals surface area (Å²) in [7, 11) is 2.97. The lowest BCUT2D eigenvalue weighted by Crippen LogP contribution is -2.22. The Morgan fingerprint density at radius 2 is 1.82 bits per heavy atom. The van der Waals surface area contributed by atoms with E-state index in [0.717, 1.165) is 12.5 Å². The number of para-hydroxylation sites is 1. The number of aromatic nitrogens is 2. The first kappa shape index (κ1) is 23.1. The highest BCUT2D eigenvalue weighted by molar-refractivity contribution is 6.06. The number of amides is 1. The van der Waals surface area contributed by atoms with Crippen molar-refractivity contribution in [1.82, 2.24) is 20.6 Å². The number of nitrogens with one attached hydrogen (secondary N) is 6. The minimum atomic E-state index is -0.416. The number of carbonyl (C=O) groups is 1. The van der Waals surface area contributed by atoms with E-state index in [1.54, 1.807) is 37.3 Å². The molecule has 2 aromatic heterocycles. The zero-order chi connectivity index (χ0) is 24.0. The predicted octanol–water partition coefficient (Wildman–Crippen LogP) is 3.30. The van der Waals surface area contributed by atoms with Gasteiger partial charge < -0.3 is 26.0 Å². The molecule has 170 valence electrons. The number of hydrogen-bond donors (Lipinski definition) is 6. The van der Waals surface area contributed by atoms with Crippen LogP contribution in [-0.2, 0) is 0 Å². The lowest BCUT2D eigenvalue weighted by atomic mass is 10.1. The normalized spacial score (nSPS) is 10.2. The number of ether oxygens (including phenoxy) is 1. The summed E-state index contributed by atoms with van der Waals surface area (Å²) in [5.41, 5.74) is 2.02. The summed E-state index contributed by atoms with van der Waals surface area (Å²) >= 11 is 0. The number of hydrogen-bond acceptors (Lipinski definition) is 8. The SMILES string of the molecule is CNC(=O)c1cnc(Nc2cc(C)c(F)cn2)cc1Nc1cccc(C(=N)NC=N)c1OC. The number of rotatable bonds is 8. The highest BCUT2D eigenvalue weighted by Crippen LogP contribution is 2.33. The molecule has 0 atom stereocenters. The summed E-state index contributed by atoms with van der Waals surface area (Å²) in [5.74, 6) is 0.318.